The summed E-state index contributed by atoms with van der Waals surface area (Å²) in [5.74, 6) is 2.92. The van der Waals surface area contributed by atoms with Gasteiger partial charge in [0.1, 0.15) is 0 Å². The van der Waals surface area contributed by atoms with Crippen LogP contribution in [0.15, 0.2) is 5.10 Å². The van der Waals surface area contributed by atoms with E-state index < -0.39 is 0 Å². The molecule has 13 heavy (non-hydrogen) atoms. The summed E-state index contributed by atoms with van der Waals surface area (Å²) in [7, 11) is 0. The van der Waals surface area contributed by atoms with E-state index in [1.807, 2.05) is 18.7 Å². The van der Waals surface area contributed by atoms with Crippen LogP contribution >= 0.6 is 11.8 Å². The van der Waals surface area contributed by atoms with Gasteiger partial charge in [0.05, 0.1) is 0 Å². The number of thioether (sulfide) groups is 1. The summed E-state index contributed by atoms with van der Waals surface area (Å²) in [5, 5.41) is 4.06. The summed E-state index contributed by atoms with van der Waals surface area (Å²) in [5.41, 5.74) is 3.55. The molecule has 1 amide bonds. The predicted molar refractivity (Wildman–Crippen MR) is 57.0 cm³/mol. The van der Waals surface area contributed by atoms with E-state index in [4.69, 9.17) is 0 Å². The number of nitrogens with zero attached hydrogens (tertiary/aromatic N) is 1. The molecule has 0 aliphatic carbocycles. The largest absolute Gasteiger partial charge is 0.274 e. The standard InChI is InChI=1S/C9H16N2OS/c1-7(10-11-8(2)12)9-3-5-13-6-4-9/h9H,3-6H2,1-2H3,(H,11,12)/b10-7+. The van der Waals surface area contributed by atoms with E-state index >= 15 is 0 Å². The van der Waals surface area contributed by atoms with Crippen LogP contribution in [0, 0.1) is 5.92 Å². The molecule has 0 bridgehead atoms. The molecule has 1 rings (SSSR count). The topological polar surface area (TPSA) is 41.5 Å². The van der Waals surface area contributed by atoms with Gasteiger partial charge in [-0.2, -0.15) is 16.9 Å². The van der Waals surface area contributed by atoms with Gasteiger partial charge < -0.3 is 0 Å². The molecular formula is C9H16N2OS. The van der Waals surface area contributed by atoms with Gasteiger partial charge in [-0.15, -0.1) is 0 Å². The molecule has 1 N–H and O–H groups in total. The lowest BCUT2D eigenvalue weighted by Gasteiger charge is -2.20. The zero-order valence-corrected chi connectivity index (χ0v) is 8.99. The van der Waals surface area contributed by atoms with Crippen molar-refractivity contribution in [3.8, 4) is 0 Å². The predicted octanol–water partition coefficient (Wildman–Crippen LogP) is 1.64. The van der Waals surface area contributed by atoms with Gasteiger partial charge in [0.15, 0.2) is 0 Å². The summed E-state index contributed by atoms with van der Waals surface area (Å²) in [6.07, 6.45) is 2.39. The van der Waals surface area contributed by atoms with Gasteiger partial charge in [-0.1, -0.05) is 0 Å². The van der Waals surface area contributed by atoms with Crippen molar-refractivity contribution in [2.24, 2.45) is 11.0 Å². The molecule has 1 fully saturated rings. The Kier molecular flexibility index (Phi) is 4.28. The summed E-state index contributed by atoms with van der Waals surface area (Å²) >= 11 is 2.00. The number of hydrogen-bond donors (Lipinski definition) is 1. The van der Waals surface area contributed by atoms with Gasteiger partial charge in [0, 0.05) is 18.6 Å². The van der Waals surface area contributed by atoms with Crippen LogP contribution < -0.4 is 5.43 Å². The molecule has 0 aromatic rings. The third-order valence-corrected chi connectivity index (χ3v) is 3.25. The van der Waals surface area contributed by atoms with Crippen LogP contribution in [0.5, 0.6) is 0 Å². The third-order valence-electron chi connectivity index (χ3n) is 2.20. The van der Waals surface area contributed by atoms with E-state index in [-0.39, 0.29) is 5.91 Å². The van der Waals surface area contributed by atoms with Gasteiger partial charge in [0.25, 0.3) is 0 Å². The maximum Gasteiger partial charge on any atom is 0.236 e. The normalized spacial score (nSPS) is 20.0. The molecule has 1 heterocycles. The highest BCUT2D eigenvalue weighted by Gasteiger charge is 2.16. The zero-order valence-electron chi connectivity index (χ0n) is 8.17. The van der Waals surface area contributed by atoms with E-state index in [1.165, 1.54) is 31.3 Å². The van der Waals surface area contributed by atoms with E-state index in [0.717, 1.165) is 5.71 Å². The fourth-order valence-electron chi connectivity index (χ4n) is 1.37. The average molecular weight is 200 g/mol. The van der Waals surface area contributed by atoms with Gasteiger partial charge in [-0.05, 0) is 31.3 Å². The molecule has 0 atom stereocenters. The zero-order chi connectivity index (χ0) is 9.68. The Bertz CT molecular complexity index is 210. The maximum absolute atomic E-state index is 10.6. The quantitative estimate of drug-likeness (QED) is 0.544. The molecule has 3 nitrogen and oxygen atoms in total. The minimum atomic E-state index is -0.0930. The first kappa shape index (κ1) is 10.6. The minimum Gasteiger partial charge on any atom is -0.274 e. The Labute approximate surface area is 83.4 Å². The van der Waals surface area contributed by atoms with Crippen molar-refractivity contribution < 1.29 is 4.79 Å². The van der Waals surface area contributed by atoms with Gasteiger partial charge in [-0.25, -0.2) is 5.43 Å². The van der Waals surface area contributed by atoms with Crippen LogP contribution in [0.4, 0.5) is 0 Å². The Morgan fingerprint density at radius 3 is 2.54 bits per heavy atom. The van der Waals surface area contributed by atoms with Gasteiger partial charge >= 0.3 is 0 Å². The van der Waals surface area contributed by atoms with Crippen molar-refractivity contribution in [2.45, 2.75) is 26.7 Å². The minimum absolute atomic E-state index is 0.0930. The summed E-state index contributed by atoms with van der Waals surface area (Å²) in [6.45, 7) is 3.48. The van der Waals surface area contributed by atoms with Gasteiger partial charge in [-0.3, -0.25) is 4.79 Å². The smallest absolute Gasteiger partial charge is 0.236 e. The molecule has 1 aliphatic rings. The summed E-state index contributed by atoms with van der Waals surface area (Å²) in [6, 6.07) is 0. The van der Waals surface area contributed by atoms with Crippen molar-refractivity contribution in [2.75, 3.05) is 11.5 Å². The fraction of sp³-hybridized carbons (Fsp3) is 0.778. The van der Waals surface area contributed by atoms with E-state index in [9.17, 15) is 4.79 Å². The number of carbonyl (C=O) groups is 1. The number of hydrogen-bond acceptors (Lipinski definition) is 3. The Balaban J connectivity index is 2.39. The van der Waals surface area contributed by atoms with Crippen LogP contribution in [-0.4, -0.2) is 23.1 Å². The van der Waals surface area contributed by atoms with Crippen molar-refractivity contribution in [1.82, 2.24) is 5.43 Å². The maximum atomic E-state index is 10.6. The Morgan fingerprint density at radius 2 is 2.00 bits per heavy atom. The summed E-state index contributed by atoms with van der Waals surface area (Å²) < 4.78 is 0. The van der Waals surface area contributed by atoms with E-state index in [1.54, 1.807) is 0 Å². The molecule has 0 aromatic carbocycles. The van der Waals surface area contributed by atoms with Crippen molar-refractivity contribution in [3.63, 3.8) is 0 Å². The van der Waals surface area contributed by atoms with Crippen LogP contribution in [-0.2, 0) is 4.79 Å². The lowest BCUT2D eigenvalue weighted by Crippen LogP contribution is -2.22. The molecule has 0 saturated carbocycles. The van der Waals surface area contributed by atoms with Crippen LogP contribution in [0.1, 0.15) is 26.7 Å². The highest BCUT2D eigenvalue weighted by Crippen LogP contribution is 2.23. The highest BCUT2D eigenvalue weighted by atomic mass is 32.2. The van der Waals surface area contributed by atoms with Crippen LogP contribution in [0.25, 0.3) is 0 Å². The molecule has 0 radical (unpaired) electrons. The molecule has 0 spiro atoms. The summed E-state index contributed by atoms with van der Waals surface area (Å²) in [4.78, 5) is 10.6. The Morgan fingerprint density at radius 1 is 1.38 bits per heavy atom. The third kappa shape index (κ3) is 3.81. The molecule has 1 aliphatic heterocycles. The first-order chi connectivity index (χ1) is 6.20. The number of amides is 1. The van der Waals surface area contributed by atoms with Crippen LogP contribution in [0.3, 0.4) is 0 Å². The lowest BCUT2D eigenvalue weighted by molar-refractivity contribution is -0.118. The van der Waals surface area contributed by atoms with Crippen LogP contribution in [0.2, 0.25) is 0 Å². The second-order valence-electron chi connectivity index (χ2n) is 3.31. The molecule has 4 heteroatoms. The Hall–Kier alpha value is -0.510. The molecule has 0 aromatic heterocycles. The molecule has 1 saturated heterocycles. The van der Waals surface area contributed by atoms with Crippen molar-refractivity contribution >= 4 is 23.4 Å². The number of carbonyl (C=O) groups excluding carboxylic acids is 1. The van der Waals surface area contributed by atoms with Crippen molar-refractivity contribution in [3.05, 3.63) is 0 Å². The van der Waals surface area contributed by atoms with Crippen molar-refractivity contribution in [1.29, 1.82) is 0 Å². The second-order valence-corrected chi connectivity index (χ2v) is 4.53. The highest BCUT2D eigenvalue weighted by molar-refractivity contribution is 7.99. The van der Waals surface area contributed by atoms with E-state index in [0.29, 0.717) is 5.92 Å². The molecular weight excluding hydrogens is 184 g/mol. The molecule has 0 unspecified atom stereocenters. The molecule has 74 valence electrons. The fourth-order valence-corrected chi connectivity index (χ4v) is 2.48. The van der Waals surface area contributed by atoms with E-state index in [2.05, 4.69) is 10.5 Å². The first-order valence-corrected chi connectivity index (χ1v) is 5.74. The first-order valence-electron chi connectivity index (χ1n) is 4.58. The second kappa shape index (κ2) is 5.27. The van der Waals surface area contributed by atoms with Gasteiger partial charge in [0.2, 0.25) is 5.91 Å². The lowest BCUT2D eigenvalue weighted by atomic mass is 9.98. The number of rotatable bonds is 2. The monoisotopic (exact) mass is 200 g/mol. The average Bonchev–Trinajstić information content (AvgIpc) is 2.15. The number of nitrogens with one attached hydrogen (secondary N) is 1. The number of hydrazone groups is 1. The SMILES string of the molecule is CC(=O)N/N=C(\C)C1CCSCC1.